The predicted molar refractivity (Wildman–Crippen MR) is 74.6 cm³/mol. The number of H-pyrrole nitrogens is 1. The molecule has 2 N–H and O–H groups in total. The number of hydrogen-bond donors (Lipinski definition) is 2. The lowest BCUT2D eigenvalue weighted by molar-refractivity contribution is 0.128. The Morgan fingerprint density at radius 2 is 2.37 bits per heavy atom. The molecule has 0 aliphatic rings. The van der Waals surface area contributed by atoms with E-state index in [0.717, 1.165) is 17.0 Å². The SMILES string of the molecule is CCOCc1nc(Cl)cc(NCc2csc(=O)[nH]2)n1. The maximum Gasteiger partial charge on any atom is 0.304 e. The zero-order chi connectivity index (χ0) is 13.7. The van der Waals surface area contributed by atoms with Crippen LogP contribution in [-0.4, -0.2) is 21.6 Å². The van der Waals surface area contributed by atoms with Gasteiger partial charge in [-0.05, 0) is 6.92 Å². The van der Waals surface area contributed by atoms with Gasteiger partial charge in [0.1, 0.15) is 17.6 Å². The summed E-state index contributed by atoms with van der Waals surface area (Å²) in [6.45, 7) is 3.28. The molecule has 0 spiro atoms. The van der Waals surface area contributed by atoms with E-state index >= 15 is 0 Å². The van der Waals surface area contributed by atoms with Gasteiger partial charge in [-0.25, -0.2) is 9.97 Å². The predicted octanol–water partition coefficient (Wildman–Crippen LogP) is 2.03. The lowest BCUT2D eigenvalue weighted by atomic mass is 10.4. The summed E-state index contributed by atoms with van der Waals surface area (Å²) in [7, 11) is 0. The maximum absolute atomic E-state index is 11.0. The number of aromatic amines is 1. The molecule has 2 aromatic heterocycles. The van der Waals surface area contributed by atoms with Crippen LogP contribution in [0.5, 0.6) is 0 Å². The van der Waals surface area contributed by atoms with Crippen molar-refractivity contribution < 1.29 is 4.74 Å². The minimum atomic E-state index is -0.0745. The van der Waals surface area contributed by atoms with Gasteiger partial charge in [-0.15, -0.1) is 0 Å². The fraction of sp³-hybridized carbons (Fsp3) is 0.364. The van der Waals surface area contributed by atoms with Crippen molar-refractivity contribution in [2.45, 2.75) is 20.1 Å². The van der Waals surface area contributed by atoms with E-state index in [9.17, 15) is 4.79 Å². The van der Waals surface area contributed by atoms with Crippen LogP contribution >= 0.6 is 22.9 Å². The van der Waals surface area contributed by atoms with E-state index in [1.54, 1.807) is 11.4 Å². The van der Waals surface area contributed by atoms with Crippen LogP contribution in [0.2, 0.25) is 5.15 Å². The van der Waals surface area contributed by atoms with E-state index in [4.69, 9.17) is 16.3 Å². The summed E-state index contributed by atoms with van der Waals surface area (Å²) in [4.78, 5) is 22.0. The highest BCUT2D eigenvalue weighted by Gasteiger charge is 2.04. The number of thiazole rings is 1. The van der Waals surface area contributed by atoms with Crippen molar-refractivity contribution in [3.8, 4) is 0 Å². The van der Waals surface area contributed by atoms with Crippen LogP contribution in [0.25, 0.3) is 0 Å². The van der Waals surface area contributed by atoms with E-state index in [1.165, 1.54) is 0 Å². The Morgan fingerprint density at radius 3 is 3.05 bits per heavy atom. The number of hydrogen-bond acceptors (Lipinski definition) is 6. The van der Waals surface area contributed by atoms with Crippen LogP contribution < -0.4 is 10.2 Å². The van der Waals surface area contributed by atoms with Crippen LogP contribution in [0.15, 0.2) is 16.2 Å². The number of rotatable bonds is 6. The quantitative estimate of drug-likeness (QED) is 0.798. The maximum atomic E-state index is 11.0. The van der Waals surface area contributed by atoms with Crippen LogP contribution in [-0.2, 0) is 17.9 Å². The van der Waals surface area contributed by atoms with Crippen molar-refractivity contribution in [3.63, 3.8) is 0 Å². The van der Waals surface area contributed by atoms with Crippen LogP contribution in [0.1, 0.15) is 18.4 Å². The summed E-state index contributed by atoms with van der Waals surface area (Å²) >= 11 is 7.04. The molecule has 6 nitrogen and oxygen atoms in total. The van der Waals surface area contributed by atoms with Crippen molar-refractivity contribution in [1.29, 1.82) is 0 Å². The Kier molecular flexibility index (Phi) is 4.89. The third kappa shape index (κ3) is 4.30. The summed E-state index contributed by atoms with van der Waals surface area (Å²) in [6, 6.07) is 1.63. The van der Waals surface area contributed by atoms with Gasteiger partial charge in [0.2, 0.25) is 0 Å². The fourth-order valence-electron chi connectivity index (χ4n) is 1.40. The van der Waals surface area contributed by atoms with Crippen molar-refractivity contribution in [2.24, 2.45) is 0 Å². The molecule has 2 heterocycles. The summed E-state index contributed by atoms with van der Waals surface area (Å²) in [5.74, 6) is 1.12. The summed E-state index contributed by atoms with van der Waals surface area (Å²) in [5.41, 5.74) is 0.802. The Labute approximate surface area is 118 Å². The minimum absolute atomic E-state index is 0.0745. The number of nitrogens with one attached hydrogen (secondary N) is 2. The van der Waals surface area contributed by atoms with Crippen LogP contribution in [0.4, 0.5) is 5.82 Å². The topological polar surface area (TPSA) is 79.9 Å². The fourth-order valence-corrected chi connectivity index (χ4v) is 2.18. The molecule has 2 aromatic rings. The highest BCUT2D eigenvalue weighted by Crippen LogP contribution is 2.13. The standard InChI is InChI=1S/C11H13ClN4O2S/c1-2-18-5-10-15-8(12)3-9(16-10)13-4-7-6-19-11(17)14-7/h3,6H,2,4-5H2,1H3,(H,14,17)(H,13,15,16). The normalized spacial score (nSPS) is 10.6. The molecule has 0 fully saturated rings. The van der Waals surface area contributed by atoms with Crippen molar-refractivity contribution in [1.82, 2.24) is 15.0 Å². The molecule has 102 valence electrons. The Hall–Kier alpha value is -1.44. The second kappa shape index (κ2) is 6.65. The molecule has 0 aliphatic heterocycles. The molecule has 0 aliphatic carbocycles. The average molecular weight is 301 g/mol. The van der Waals surface area contributed by atoms with Gasteiger partial charge in [0, 0.05) is 23.7 Å². The second-order valence-corrected chi connectivity index (χ2v) is 4.89. The molecule has 0 atom stereocenters. The Bertz CT molecular complexity index is 598. The van der Waals surface area contributed by atoms with E-state index in [-0.39, 0.29) is 4.87 Å². The van der Waals surface area contributed by atoms with Gasteiger partial charge in [-0.1, -0.05) is 22.9 Å². The van der Waals surface area contributed by atoms with Gasteiger partial charge < -0.3 is 15.0 Å². The Balaban J connectivity index is 2.02. The van der Waals surface area contributed by atoms with Gasteiger partial charge in [0.25, 0.3) is 0 Å². The van der Waals surface area contributed by atoms with Crippen LogP contribution in [0.3, 0.4) is 0 Å². The zero-order valence-electron chi connectivity index (χ0n) is 10.3. The third-order valence-corrected chi connectivity index (χ3v) is 3.12. The average Bonchev–Trinajstić information content (AvgIpc) is 2.79. The van der Waals surface area contributed by atoms with Crippen molar-refractivity contribution in [3.05, 3.63) is 37.8 Å². The summed E-state index contributed by atoms with van der Waals surface area (Å²) in [6.07, 6.45) is 0. The van der Waals surface area contributed by atoms with E-state index < -0.39 is 0 Å². The molecule has 0 aromatic carbocycles. The molecule has 0 amide bonds. The van der Waals surface area contributed by atoms with Gasteiger partial charge >= 0.3 is 4.87 Å². The van der Waals surface area contributed by atoms with Gasteiger partial charge in [-0.3, -0.25) is 4.79 Å². The second-order valence-electron chi connectivity index (χ2n) is 3.66. The molecule has 8 heteroatoms. The minimum Gasteiger partial charge on any atom is -0.374 e. The van der Waals surface area contributed by atoms with E-state index in [1.807, 2.05) is 6.92 Å². The highest BCUT2D eigenvalue weighted by molar-refractivity contribution is 7.07. The molecule has 0 saturated carbocycles. The zero-order valence-corrected chi connectivity index (χ0v) is 11.8. The molecule has 2 rings (SSSR count). The first-order chi connectivity index (χ1) is 9.17. The highest BCUT2D eigenvalue weighted by atomic mass is 35.5. The smallest absolute Gasteiger partial charge is 0.304 e. The monoisotopic (exact) mass is 300 g/mol. The number of ether oxygens (including phenoxy) is 1. The number of halogens is 1. The molecule has 0 radical (unpaired) electrons. The van der Waals surface area contributed by atoms with Crippen molar-refractivity contribution in [2.75, 3.05) is 11.9 Å². The molecular weight excluding hydrogens is 288 g/mol. The van der Waals surface area contributed by atoms with Gasteiger partial charge in [0.05, 0.1) is 6.54 Å². The van der Waals surface area contributed by atoms with Gasteiger partial charge in [-0.2, -0.15) is 0 Å². The van der Waals surface area contributed by atoms with E-state index in [2.05, 4.69) is 20.3 Å². The molecule has 0 bridgehead atoms. The summed E-state index contributed by atoms with van der Waals surface area (Å²) in [5, 5.41) is 5.19. The van der Waals surface area contributed by atoms with Crippen molar-refractivity contribution >= 4 is 28.8 Å². The van der Waals surface area contributed by atoms with Gasteiger partial charge in [0.15, 0.2) is 5.82 Å². The van der Waals surface area contributed by atoms with Crippen LogP contribution in [0, 0.1) is 0 Å². The number of anilines is 1. The lowest BCUT2D eigenvalue weighted by Gasteiger charge is -2.07. The molecule has 0 saturated heterocycles. The van der Waals surface area contributed by atoms with E-state index in [0.29, 0.717) is 36.6 Å². The third-order valence-electron chi connectivity index (χ3n) is 2.21. The lowest BCUT2D eigenvalue weighted by Crippen LogP contribution is -2.07. The number of nitrogens with zero attached hydrogens (tertiary/aromatic N) is 2. The largest absolute Gasteiger partial charge is 0.374 e. The first kappa shape index (κ1) is 14.0. The first-order valence-electron chi connectivity index (χ1n) is 5.69. The molecular formula is C11H13ClN4O2S. The molecule has 0 unspecified atom stereocenters. The summed E-state index contributed by atoms with van der Waals surface area (Å²) < 4.78 is 5.24. The first-order valence-corrected chi connectivity index (χ1v) is 6.95. The Morgan fingerprint density at radius 1 is 1.53 bits per heavy atom. The number of aromatic nitrogens is 3. The molecule has 19 heavy (non-hydrogen) atoms.